The summed E-state index contributed by atoms with van der Waals surface area (Å²) in [4.78, 5) is 26.5. The van der Waals surface area contributed by atoms with E-state index in [1.54, 1.807) is 36.4 Å². The van der Waals surface area contributed by atoms with E-state index < -0.39 is 42.2 Å². The minimum absolute atomic E-state index is 0.0849. The van der Waals surface area contributed by atoms with Gasteiger partial charge in [-0.2, -0.15) is 0 Å². The van der Waals surface area contributed by atoms with Crippen molar-refractivity contribution in [2.24, 2.45) is 0 Å². The zero-order valence-corrected chi connectivity index (χ0v) is 21.5. The molecule has 0 spiro atoms. The highest BCUT2D eigenvalue weighted by Gasteiger charge is 2.36. The van der Waals surface area contributed by atoms with E-state index in [1.165, 1.54) is 4.90 Å². The quantitative estimate of drug-likeness (QED) is 0.350. The maximum Gasteiger partial charge on any atom is 0.323 e. The van der Waals surface area contributed by atoms with E-state index in [9.17, 15) is 22.8 Å². The fraction of sp³-hybridized carbons (Fsp3) is 0.259. The molecule has 3 aromatic rings. The Kier molecular flexibility index (Phi) is 8.38. The number of anilines is 2. The summed E-state index contributed by atoms with van der Waals surface area (Å²) in [6, 6.07) is 14.5. The van der Waals surface area contributed by atoms with Gasteiger partial charge in [0, 0.05) is 22.5 Å². The maximum atomic E-state index is 14.8. The maximum absolute atomic E-state index is 14.8. The predicted octanol–water partition coefficient (Wildman–Crippen LogP) is 6.24. The van der Waals surface area contributed by atoms with Crippen LogP contribution < -0.4 is 15.4 Å². The van der Waals surface area contributed by atoms with Crippen LogP contribution >= 0.6 is 15.9 Å². The van der Waals surface area contributed by atoms with Gasteiger partial charge in [0.25, 0.3) is 0 Å². The number of nitrogens with one attached hydrogen (secondary N) is 2. The van der Waals surface area contributed by atoms with Crippen LogP contribution in [0.1, 0.15) is 17.5 Å². The number of nitrogens with zero attached hydrogens (tertiary/aromatic N) is 1. The molecule has 0 saturated carbocycles. The van der Waals surface area contributed by atoms with Gasteiger partial charge in [-0.05, 0) is 53.2 Å². The van der Waals surface area contributed by atoms with Crippen LogP contribution in [0.25, 0.3) is 0 Å². The van der Waals surface area contributed by atoms with Gasteiger partial charge < -0.3 is 20.3 Å². The van der Waals surface area contributed by atoms with Crippen molar-refractivity contribution in [3.63, 3.8) is 0 Å². The van der Waals surface area contributed by atoms with Crippen LogP contribution in [0.4, 0.5) is 29.3 Å². The molecular weight excluding hydrogens is 551 g/mol. The highest BCUT2D eigenvalue weighted by molar-refractivity contribution is 9.10. The molecule has 0 unspecified atom stereocenters. The molecule has 2 N–H and O–H groups in total. The summed E-state index contributed by atoms with van der Waals surface area (Å²) >= 11 is 3.28. The molecule has 37 heavy (non-hydrogen) atoms. The average Bonchev–Trinajstić information content (AvgIpc) is 3.24. The number of rotatable bonds is 7. The highest BCUT2D eigenvalue weighted by Crippen LogP contribution is 2.26. The summed E-state index contributed by atoms with van der Waals surface area (Å²) in [5.74, 6) is -1.71. The van der Waals surface area contributed by atoms with Crippen molar-refractivity contribution < 1.29 is 27.5 Å². The minimum Gasteiger partial charge on any atom is -0.491 e. The number of aryl methyl sites for hydroxylation is 1. The third-order valence-corrected chi connectivity index (χ3v) is 6.69. The molecule has 0 aliphatic carbocycles. The van der Waals surface area contributed by atoms with Crippen LogP contribution in [-0.4, -0.2) is 42.2 Å². The number of alkyl halides is 1. The lowest BCUT2D eigenvalue weighted by molar-refractivity contribution is -0.132. The highest BCUT2D eigenvalue weighted by atomic mass is 79.9. The number of halogens is 4. The number of likely N-dealkylation sites (tertiary alicyclic amines) is 1. The van der Waals surface area contributed by atoms with E-state index in [0.29, 0.717) is 15.9 Å². The van der Waals surface area contributed by atoms with Crippen molar-refractivity contribution in [2.45, 2.75) is 32.0 Å². The largest absolute Gasteiger partial charge is 0.491 e. The van der Waals surface area contributed by atoms with Crippen LogP contribution in [0.15, 0.2) is 65.1 Å². The topological polar surface area (TPSA) is 70.7 Å². The predicted molar refractivity (Wildman–Crippen MR) is 139 cm³/mol. The van der Waals surface area contributed by atoms with Crippen molar-refractivity contribution in [1.29, 1.82) is 0 Å². The molecule has 1 aliphatic heterocycles. The number of hydrogen-bond acceptors (Lipinski definition) is 3. The van der Waals surface area contributed by atoms with Gasteiger partial charge in [0.15, 0.2) is 0 Å². The Hall–Kier alpha value is -3.53. The standard InChI is InChI=1S/C27H25BrF3N3O3/c1-16-6-8-20(9-7-16)37-15-19-12-18(29)14-34(19)26(35)11-17-10-23(31)25(13-22(17)30)33-27(36)32-24-5-3-2-4-21(24)28/h2-10,13,18-19H,11-12,14-15H2,1H3,(H2,32,33,36)/t18-,19-/m0/s1. The van der Waals surface area contributed by atoms with Gasteiger partial charge in [-0.25, -0.2) is 18.0 Å². The Labute approximate surface area is 220 Å². The first-order valence-electron chi connectivity index (χ1n) is 11.6. The Morgan fingerprint density at radius 1 is 1.03 bits per heavy atom. The van der Waals surface area contributed by atoms with Gasteiger partial charge in [0.2, 0.25) is 5.91 Å². The van der Waals surface area contributed by atoms with E-state index in [-0.39, 0.29) is 30.8 Å². The van der Waals surface area contributed by atoms with Crippen LogP contribution in [0.5, 0.6) is 5.75 Å². The van der Waals surface area contributed by atoms with E-state index >= 15 is 0 Å². The van der Waals surface area contributed by atoms with Crippen LogP contribution in [-0.2, 0) is 11.2 Å². The molecule has 4 rings (SSSR count). The number of amides is 3. The van der Waals surface area contributed by atoms with Crippen molar-refractivity contribution in [2.75, 3.05) is 23.8 Å². The fourth-order valence-corrected chi connectivity index (χ4v) is 4.46. The summed E-state index contributed by atoms with van der Waals surface area (Å²) < 4.78 is 50.0. The Balaban J connectivity index is 1.39. The number of ether oxygens (including phenoxy) is 1. The van der Waals surface area contributed by atoms with E-state index in [2.05, 4.69) is 26.6 Å². The second kappa shape index (κ2) is 11.7. The summed E-state index contributed by atoms with van der Waals surface area (Å²) in [6.45, 7) is 1.89. The molecule has 0 aromatic heterocycles. The Morgan fingerprint density at radius 3 is 2.46 bits per heavy atom. The van der Waals surface area contributed by atoms with Gasteiger partial charge in [-0.1, -0.05) is 29.8 Å². The molecule has 1 saturated heterocycles. The Morgan fingerprint density at radius 2 is 1.73 bits per heavy atom. The molecule has 6 nitrogen and oxygen atoms in total. The molecular formula is C27H25BrF3N3O3. The minimum atomic E-state index is -1.23. The first-order valence-corrected chi connectivity index (χ1v) is 12.4. The van der Waals surface area contributed by atoms with Gasteiger partial charge in [0.1, 0.15) is 30.2 Å². The van der Waals surface area contributed by atoms with Gasteiger partial charge >= 0.3 is 6.03 Å². The smallest absolute Gasteiger partial charge is 0.323 e. The van der Waals surface area contributed by atoms with Crippen LogP contribution in [0.2, 0.25) is 0 Å². The molecule has 2 atom stereocenters. The lowest BCUT2D eigenvalue weighted by Gasteiger charge is -2.24. The van der Waals surface area contributed by atoms with Crippen molar-refractivity contribution >= 4 is 39.2 Å². The van der Waals surface area contributed by atoms with E-state index in [4.69, 9.17) is 4.74 Å². The van der Waals surface area contributed by atoms with Crippen molar-refractivity contribution in [3.05, 3.63) is 87.9 Å². The van der Waals surface area contributed by atoms with Crippen LogP contribution in [0.3, 0.4) is 0 Å². The molecule has 0 bridgehead atoms. The molecule has 0 radical (unpaired) electrons. The second-order valence-corrected chi connectivity index (χ2v) is 9.67. The van der Waals surface area contributed by atoms with E-state index in [1.807, 2.05) is 19.1 Å². The third-order valence-electron chi connectivity index (χ3n) is 6.00. The molecule has 1 fully saturated rings. The zero-order chi connectivity index (χ0) is 26.5. The molecule has 1 aliphatic rings. The number of hydrogen-bond donors (Lipinski definition) is 2. The number of carbonyl (C=O) groups excluding carboxylic acids is 2. The number of para-hydroxylation sites is 1. The first kappa shape index (κ1) is 26.5. The van der Waals surface area contributed by atoms with E-state index in [0.717, 1.165) is 17.7 Å². The molecule has 10 heteroatoms. The lowest BCUT2D eigenvalue weighted by atomic mass is 10.1. The zero-order valence-electron chi connectivity index (χ0n) is 19.9. The third kappa shape index (κ3) is 6.82. The first-order chi connectivity index (χ1) is 17.7. The number of carbonyl (C=O) groups is 2. The lowest BCUT2D eigenvalue weighted by Crippen LogP contribution is -2.40. The summed E-state index contributed by atoms with van der Waals surface area (Å²) in [5, 5.41) is 4.79. The monoisotopic (exact) mass is 575 g/mol. The number of urea groups is 1. The normalized spacial score (nSPS) is 16.9. The molecule has 194 valence electrons. The van der Waals surface area contributed by atoms with Gasteiger partial charge in [-0.15, -0.1) is 0 Å². The second-order valence-electron chi connectivity index (χ2n) is 8.82. The van der Waals surface area contributed by atoms with Gasteiger partial charge in [0.05, 0.1) is 30.4 Å². The fourth-order valence-electron chi connectivity index (χ4n) is 4.07. The van der Waals surface area contributed by atoms with Crippen LogP contribution in [0, 0.1) is 18.6 Å². The summed E-state index contributed by atoms with van der Waals surface area (Å²) in [5.41, 5.74) is 0.933. The summed E-state index contributed by atoms with van der Waals surface area (Å²) in [7, 11) is 0. The summed E-state index contributed by atoms with van der Waals surface area (Å²) in [6.07, 6.45) is -1.59. The van der Waals surface area contributed by atoms with Crippen molar-refractivity contribution in [1.82, 2.24) is 4.90 Å². The molecule has 3 aromatic carbocycles. The SMILES string of the molecule is Cc1ccc(OC[C@@H]2C[C@H](F)CN2C(=O)Cc2cc(F)c(NC(=O)Nc3ccccc3Br)cc2F)cc1. The van der Waals surface area contributed by atoms with Crippen molar-refractivity contribution in [3.8, 4) is 5.75 Å². The molecule has 1 heterocycles. The molecule has 3 amide bonds. The van der Waals surface area contributed by atoms with Gasteiger partial charge in [-0.3, -0.25) is 4.79 Å². The average molecular weight is 576 g/mol. The Bertz CT molecular complexity index is 1290. The number of benzene rings is 3.